The smallest absolute Gasteiger partial charge is 0.239 e. The zero-order valence-corrected chi connectivity index (χ0v) is 16.9. The van der Waals surface area contributed by atoms with Crippen LogP contribution in [0.4, 0.5) is 25.8 Å². The number of amides is 2. The van der Waals surface area contributed by atoms with Crippen LogP contribution >= 0.6 is 0 Å². The van der Waals surface area contributed by atoms with Gasteiger partial charge in [0, 0.05) is 42.8 Å². The summed E-state index contributed by atoms with van der Waals surface area (Å²) < 4.78 is 26.6. The molecule has 158 valence electrons. The molecule has 1 unspecified atom stereocenters. The molecule has 2 amide bonds. The molecule has 0 aromatic heterocycles. The van der Waals surface area contributed by atoms with Crippen LogP contribution < -0.4 is 15.1 Å². The number of hydrogen-bond donors (Lipinski definition) is 1. The molecule has 2 aromatic rings. The quantitative estimate of drug-likeness (QED) is 0.765. The second-order valence-electron chi connectivity index (χ2n) is 8.14. The van der Waals surface area contributed by atoms with Crippen molar-refractivity contribution < 1.29 is 18.4 Å². The van der Waals surface area contributed by atoms with Crippen LogP contribution in [-0.4, -0.2) is 31.4 Å². The van der Waals surface area contributed by atoms with Crippen LogP contribution in [0.1, 0.15) is 26.2 Å². The number of piperidine rings is 1. The molecule has 5 nitrogen and oxygen atoms in total. The minimum atomic E-state index is -1.02. The summed E-state index contributed by atoms with van der Waals surface area (Å²) in [6.45, 7) is 4.62. The average Bonchev–Trinajstić information content (AvgIpc) is 3.13. The van der Waals surface area contributed by atoms with Gasteiger partial charge in [-0.1, -0.05) is 6.92 Å². The van der Waals surface area contributed by atoms with Crippen LogP contribution in [0, 0.1) is 23.5 Å². The Bertz CT molecular complexity index is 940. The molecule has 0 aliphatic carbocycles. The van der Waals surface area contributed by atoms with Gasteiger partial charge in [-0.25, -0.2) is 8.78 Å². The predicted octanol–water partition coefficient (Wildman–Crippen LogP) is 4.19. The van der Waals surface area contributed by atoms with Gasteiger partial charge in [0.2, 0.25) is 11.8 Å². The second kappa shape index (κ2) is 8.42. The third-order valence-corrected chi connectivity index (χ3v) is 6.02. The van der Waals surface area contributed by atoms with Gasteiger partial charge < -0.3 is 15.1 Å². The van der Waals surface area contributed by atoms with Gasteiger partial charge in [-0.15, -0.1) is 0 Å². The van der Waals surface area contributed by atoms with E-state index in [1.54, 1.807) is 0 Å². The molecule has 0 radical (unpaired) electrons. The zero-order valence-electron chi connectivity index (χ0n) is 16.9. The Morgan fingerprint density at radius 3 is 2.27 bits per heavy atom. The molecule has 0 saturated carbocycles. The largest absolute Gasteiger partial charge is 0.372 e. The van der Waals surface area contributed by atoms with E-state index >= 15 is 0 Å². The molecule has 2 aromatic carbocycles. The van der Waals surface area contributed by atoms with Gasteiger partial charge in [-0.3, -0.25) is 9.59 Å². The summed E-state index contributed by atoms with van der Waals surface area (Å²) in [6.07, 6.45) is 2.68. The summed E-state index contributed by atoms with van der Waals surface area (Å²) in [7, 11) is 0. The van der Waals surface area contributed by atoms with Gasteiger partial charge in [0.1, 0.15) is 5.92 Å². The number of carbonyl (C=O) groups excluding carboxylic acids is 2. The molecule has 2 aliphatic rings. The van der Waals surface area contributed by atoms with Crippen LogP contribution in [0.5, 0.6) is 0 Å². The van der Waals surface area contributed by atoms with E-state index in [1.807, 2.05) is 24.3 Å². The first-order valence-electron chi connectivity index (χ1n) is 10.3. The molecule has 0 spiro atoms. The zero-order chi connectivity index (χ0) is 21.3. The Morgan fingerprint density at radius 1 is 0.933 bits per heavy atom. The van der Waals surface area contributed by atoms with Crippen LogP contribution in [0.25, 0.3) is 0 Å². The molecule has 4 rings (SSSR count). The Balaban J connectivity index is 1.38. The predicted molar refractivity (Wildman–Crippen MR) is 113 cm³/mol. The van der Waals surface area contributed by atoms with Crippen LogP contribution in [0.15, 0.2) is 42.5 Å². The molecule has 30 heavy (non-hydrogen) atoms. The highest BCUT2D eigenvalue weighted by atomic mass is 19.2. The van der Waals surface area contributed by atoms with Gasteiger partial charge in [-0.05, 0) is 61.6 Å². The Hall–Kier alpha value is -2.96. The summed E-state index contributed by atoms with van der Waals surface area (Å²) in [6, 6.07) is 11.0. The molecule has 1 N–H and O–H groups in total. The highest BCUT2D eigenvalue weighted by Gasteiger charge is 2.37. The van der Waals surface area contributed by atoms with Crippen molar-refractivity contribution in [2.45, 2.75) is 26.2 Å². The van der Waals surface area contributed by atoms with E-state index in [9.17, 15) is 18.4 Å². The first-order chi connectivity index (χ1) is 14.4. The highest BCUT2D eigenvalue weighted by molar-refractivity contribution is 6.13. The minimum Gasteiger partial charge on any atom is -0.372 e. The lowest BCUT2D eigenvalue weighted by atomic mass is 9.99. The van der Waals surface area contributed by atoms with Crippen molar-refractivity contribution in [1.29, 1.82) is 0 Å². The fourth-order valence-electron chi connectivity index (χ4n) is 4.08. The van der Waals surface area contributed by atoms with E-state index in [0.29, 0.717) is 12.1 Å². The van der Waals surface area contributed by atoms with E-state index in [2.05, 4.69) is 17.1 Å². The number of carbonyl (C=O) groups is 2. The summed E-state index contributed by atoms with van der Waals surface area (Å²) in [5.41, 5.74) is 2.02. The fourth-order valence-corrected chi connectivity index (χ4v) is 4.08. The van der Waals surface area contributed by atoms with E-state index in [-0.39, 0.29) is 18.1 Å². The lowest BCUT2D eigenvalue weighted by Crippen LogP contribution is -2.33. The lowest BCUT2D eigenvalue weighted by Gasteiger charge is -2.32. The van der Waals surface area contributed by atoms with Gasteiger partial charge in [-0.2, -0.15) is 0 Å². The fraction of sp³-hybridized carbons (Fsp3) is 0.391. The van der Waals surface area contributed by atoms with Crippen LogP contribution in [0.3, 0.4) is 0 Å². The van der Waals surface area contributed by atoms with Crippen LogP contribution in [-0.2, 0) is 9.59 Å². The van der Waals surface area contributed by atoms with Crippen molar-refractivity contribution >= 4 is 28.9 Å². The van der Waals surface area contributed by atoms with E-state index in [4.69, 9.17) is 0 Å². The van der Waals surface area contributed by atoms with Crippen molar-refractivity contribution in [3.63, 3.8) is 0 Å². The SMILES string of the molecule is CC1CCN(c2ccc(NC(=O)C3CCN(c4ccc(F)c(F)c4)C3=O)cc2)CC1. The van der Waals surface area contributed by atoms with Crippen molar-refractivity contribution in [1.82, 2.24) is 0 Å². The number of benzene rings is 2. The maximum Gasteiger partial charge on any atom is 0.239 e. The molecule has 7 heteroatoms. The average molecular weight is 413 g/mol. The third-order valence-electron chi connectivity index (χ3n) is 6.02. The maximum absolute atomic E-state index is 13.5. The highest BCUT2D eigenvalue weighted by Crippen LogP contribution is 2.28. The summed E-state index contributed by atoms with van der Waals surface area (Å²) >= 11 is 0. The minimum absolute atomic E-state index is 0.259. The number of anilines is 3. The topological polar surface area (TPSA) is 52.7 Å². The maximum atomic E-state index is 13.5. The standard InChI is InChI=1S/C23H25F2N3O2/c1-15-8-11-27(12-9-15)17-4-2-16(3-5-17)26-22(29)19-10-13-28(23(19)30)18-6-7-20(24)21(25)14-18/h2-7,14-15,19H,8-13H2,1H3,(H,26,29). The van der Waals surface area contributed by atoms with Gasteiger partial charge in [0.05, 0.1) is 0 Å². The molecular weight excluding hydrogens is 388 g/mol. The number of rotatable bonds is 4. The Morgan fingerprint density at radius 2 is 1.60 bits per heavy atom. The number of nitrogens with one attached hydrogen (secondary N) is 1. The first-order valence-corrected chi connectivity index (χ1v) is 10.3. The van der Waals surface area contributed by atoms with Crippen LogP contribution in [0.2, 0.25) is 0 Å². The summed E-state index contributed by atoms with van der Waals surface area (Å²) in [5, 5.41) is 2.80. The Labute approximate surface area is 174 Å². The molecule has 1 atom stereocenters. The van der Waals surface area contributed by atoms with E-state index in [0.717, 1.165) is 36.8 Å². The van der Waals surface area contributed by atoms with Crippen molar-refractivity contribution in [3.05, 3.63) is 54.1 Å². The normalized spacial score (nSPS) is 20.0. The first kappa shape index (κ1) is 20.3. The molecule has 2 heterocycles. The number of nitrogens with zero attached hydrogens (tertiary/aromatic N) is 2. The summed E-state index contributed by atoms with van der Waals surface area (Å²) in [5.74, 6) is -2.86. The number of halogens is 2. The molecule has 0 bridgehead atoms. The summed E-state index contributed by atoms with van der Waals surface area (Å²) in [4.78, 5) is 29.0. The second-order valence-corrected chi connectivity index (χ2v) is 8.14. The Kier molecular flexibility index (Phi) is 5.70. The molecule has 2 aliphatic heterocycles. The molecule has 2 fully saturated rings. The van der Waals surface area contributed by atoms with E-state index in [1.165, 1.54) is 23.8 Å². The van der Waals surface area contributed by atoms with Gasteiger partial charge in [0.25, 0.3) is 0 Å². The van der Waals surface area contributed by atoms with E-state index < -0.39 is 23.5 Å². The van der Waals surface area contributed by atoms with Crippen molar-refractivity contribution in [2.24, 2.45) is 11.8 Å². The third kappa shape index (κ3) is 4.15. The molecule has 2 saturated heterocycles. The lowest BCUT2D eigenvalue weighted by molar-refractivity contribution is -0.129. The molecular formula is C23H25F2N3O2. The van der Waals surface area contributed by atoms with Crippen molar-refractivity contribution in [3.8, 4) is 0 Å². The van der Waals surface area contributed by atoms with Gasteiger partial charge in [0.15, 0.2) is 11.6 Å². The monoisotopic (exact) mass is 413 g/mol. The number of hydrogen-bond acceptors (Lipinski definition) is 3. The van der Waals surface area contributed by atoms with Crippen molar-refractivity contribution in [2.75, 3.05) is 34.8 Å². The van der Waals surface area contributed by atoms with Gasteiger partial charge >= 0.3 is 0 Å².